The van der Waals surface area contributed by atoms with Gasteiger partial charge >= 0.3 is 5.97 Å². The summed E-state index contributed by atoms with van der Waals surface area (Å²) in [6.45, 7) is 2.60. The van der Waals surface area contributed by atoms with E-state index in [0.717, 1.165) is 6.26 Å². The van der Waals surface area contributed by atoms with Crippen LogP contribution in [0.2, 0.25) is 0 Å². The largest absolute Gasteiger partial charge is 0.481 e. The van der Waals surface area contributed by atoms with Crippen molar-refractivity contribution in [2.45, 2.75) is 38.6 Å². The van der Waals surface area contributed by atoms with Gasteiger partial charge in [0.1, 0.15) is 6.04 Å². The molecular weight excluding hydrogens is 284 g/mol. The molecule has 116 valence electrons. The van der Waals surface area contributed by atoms with E-state index in [4.69, 9.17) is 5.11 Å². The molecule has 0 aromatic rings. The maximum atomic E-state index is 12.0. The molecule has 2 atom stereocenters. The number of hydrogen-bond donors (Lipinski definition) is 2. The minimum atomic E-state index is -3.36. The number of amides is 1. The Kier molecular flexibility index (Phi) is 5.94. The molecule has 2 unspecified atom stereocenters. The van der Waals surface area contributed by atoms with Gasteiger partial charge in [-0.05, 0) is 25.2 Å². The zero-order chi connectivity index (χ0) is 15.3. The minimum absolute atomic E-state index is 0.0446. The molecule has 1 fully saturated rings. The van der Waals surface area contributed by atoms with Gasteiger partial charge < -0.3 is 10.4 Å². The van der Waals surface area contributed by atoms with Gasteiger partial charge in [-0.15, -0.1) is 0 Å². The van der Waals surface area contributed by atoms with Crippen LogP contribution < -0.4 is 5.32 Å². The van der Waals surface area contributed by atoms with E-state index < -0.39 is 22.0 Å². The summed E-state index contributed by atoms with van der Waals surface area (Å²) in [6.07, 6.45) is 2.86. The summed E-state index contributed by atoms with van der Waals surface area (Å²) in [5, 5.41) is 11.3. The van der Waals surface area contributed by atoms with E-state index in [9.17, 15) is 18.0 Å². The van der Waals surface area contributed by atoms with Crippen LogP contribution >= 0.6 is 0 Å². The van der Waals surface area contributed by atoms with Gasteiger partial charge in [0.2, 0.25) is 15.9 Å². The van der Waals surface area contributed by atoms with Crippen molar-refractivity contribution in [2.24, 2.45) is 5.92 Å². The van der Waals surface area contributed by atoms with Crippen LogP contribution in [0.15, 0.2) is 0 Å². The number of carboxylic acids is 1. The van der Waals surface area contributed by atoms with Crippen molar-refractivity contribution in [3.8, 4) is 0 Å². The van der Waals surface area contributed by atoms with Gasteiger partial charge in [0, 0.05) is 19.5 Å². The molecule has 0 aromatic carbocycles. The Balaban J connectivity index is 2.44. The predicted octanol–water partition coefficient (Wildman–Crippen LogP) is 0.0275. The maximum absolute atomic E-state index is 12.0. The monoisotopic (exact) mass is 306 g/mol. The van der Waals surface area contributed by atoms with E-state index in [-0.39, 0.29) is 18.2 Å². The third-order valence-electron chi connectivity index (χ3n) is 3.41. The Labute approximate surface area is 119 Å². The smallest absolute Gasteiger partial charge is 0.303 e. The van der Waals surface area contributed by atoms with E-state index in [1.807, 2.05) is 6.92 Å². The first kappa shape index (κ1) is 16.9. The van der Waals surface area contributed by atoms with E-state index in [2.05, 4.69) is 5.32 Å². The molecule has 1 amide bonds. The molecular formula is C12H22N2O5S. The van der Waals surface area contributed by atoms with E-state index in [0.29, 0.717) is 32.4 Å². The van der Waals surface area contributed by atoms with Crippen molar-refractivity contribution in [2.75, 3.05) is 19.3 Å². The summed E-state index contributed by atoms with van der Waals surface area (Å²) in [5.41, 5.74) is 0. The van der Waals surface area contributed by atoms with Crippen molar-refractivity contribution in [1.29, 1.82) is 0 Å². The summed E-state index contributed by atoms with van der Waals surface area (Å²) < 4.78 is 24.3. The third kappa shape index (κ3) is 5.09. The van der Waals surface area contributed by atoms with E-state index >= 15 is 0 Å². The lowest BCUT2D eigenvalue weighted by molar-refractivity contribution is -0.137. The molecule has 0 aromatic heterocycles. The van der Waals surface area contributed by atoms with Gasteiger partial charge in [0.05, 0.1) is 6.26 Å². The molecule has 8 heteroatoms. The second-order valence-electron chi connectivity index (χ2n) is 5.31. The van der Waals surface area contributed by atoms with Crippen LogP contribution in [0, 0.1) is 5.92 Å². The Morgan fingerprint density at radius 2 is 2.10 bits per heavy atom. The number of nitrogens with zero attached hydrogens (tertiary/aromatic N) is 1. The van der Waals surface area contributed by atoms with Gasteiger partial charge in [-0.25, -0.2) is 8.42 Å². The number of rotatable bonds is 7. The van der Waals surface area contributed by atoms with Crippen molar-refractivity contribution in [1.82, 2.24) is 9.62 Å². The van der Waals surface area contributed by atoms with Crippen molar-refractivity contribution < 1.29 is 23.1 Å². The molecule has 2 N–H and O–H groups in total. The fourth-order valence-electron chi connectivity index (χ4n) is 2.26. The van der Waals surface area contributed by atoms with Gasteiger partial charge in [0.15, 0.2) is 0 Å². The molecule has 7 nitrogen and oxygen atoms in total. The molecule has 1 aliphatic rings. The van der Waals surface area contributed by atoms with Gasteiger partial charge in [-0.2, -0.15) is 4.31 Å². The lowest BCUT2D eigenvalue weighted by Gasteiger charge is -2.22. The summed E-state index contributed by atoms with van der Waals surface area (Å²) in [4.78, 5) is 22.5. The number of sulfonamides is 1. The maximum Gasteiger partial charge on any atom is 0.303 e. The fraction of sp³-hybridized carbons (Fsp3) is 0.833. The van der Waals surface area contributed by atoms with Crippen LogP contribution in [0.3, 0.4) is 0 Å². The summed E-state index contributed by atoms with van der Waals surface area (Å²) >= 11 is 0. The molecule has 0 bridgehead atoms. The highest BCUT2D eigenvalue weighted by atomic mass is 32.2. The topological polar surface area (TPSA) is 104 Å². The third-order valence-corrected chi connectivity index (χ3v) is 4.70. The molecule has 1 saturated heterocycles. The second-order valence-corrected chi connectivity index (χ2v) is 7.25. The molecule has 1 rings (SSSR count). The first-order valence-corrected chi connectivity index (χ1v) is 8.53. The SMILES string of the molecule is CC(CCC(=O)O)CNC(=O)C1CCCN1S(C)(=O)=O. The van der Waals surface area contributed by atoms with Gasteiger partial charge in [-0.1, -0.05) is 6.92 Å². The zero-order valence-electron chi connectivity index (χ0n) is 11.8. The number of carbonyl (C=O) groups excluding carboxylic acids is 1. The summed E-state index contributed by atoms with van der Waals surface area (Å²) in [7, 11) is -3.36. The Morgan fingerprint density at radius 3 is 2.65 bits per heavy atom. The summed E-state index contributed by atoms with van der Waals surface area (Å²) in [6, 6.07) is -0.628. The average molecular weight is 306 g/mol. The van der Waals surface area contributed by atoms with Crippen LogP contribution in [0.1, 0.15) is 32.6 Å². The van der Waals surface area contributed by atoms with Gasteiger partial charge in [-0.3, -0.25) is 9.59 Å². The van der Waals surface area contributed by atoms with E-state index in [1.54, 1.807) is 0 Å². The number of carboxylic acid groups (broad SMARTS) is 1. The average Bonchev–Trinajstić information content (AvgIpc) is 2.82. The fourth-order valence-corrected chi connectivity index (χ4v) is 3.39. The minimum Gasteiger partial charge on any atom is -0.481 e. The molecule has 0 radical (unpaired) electrons. The van der Waals surface area contributed by atoms with Crippen LogP contribution in [-0.4, -0.2) is 55.1 Å². The van der Waals surface area contributed by atoms with Crippen LogP contribution in [0.4, 0.5) is 0 Å². The Bertz CT molecular complexity index is 462. The van der Waals surface area contributed by atoms with Crippen molar-refractivity contribution in [3.63, 3.8) is 0 Å². The van der Waals surface area contributed by atoms with Crippen LogP contribution in [0.5, 0.6) is 0 Å². The standard InChI is InChI=1S/C12H22N2O5S/c1-9(5-6-11(15)16)8-13-12(17)10-4-3-7-14(10)20(2,18)19/h9-10H,3-8H2,1-2H3,(H,13,17)(H,15,16). The molecule has 20 heavy (non-hydrogen) atoms. The predicted molar refractivity (Wildman–Crippen MR) is 73.6 cm³/mol. The van der Waals surface area contributed by atoms with E-state index in [1.165, 1.54) is 4.31 Å². The highest BCUT2D eigenvalue weighted by Crippen LogP contribution is 2.20. The van der Waals surface area contributed by atoms with Crippen LogP contribution in [0.25, 0.3) is 0 Å². The van der Waals surface area contributed by atoms with Crippen molar-refractivity contribution >= 4 is 21.9 Å². The lowest BCUT2D eigenvalue weighted by Crippen LogP contribution is -2.46. The normalized spacial score (nSPS) is 21.6. The highest BCUT2D eigenvalue weighted by Gasteiger charge is 2.36. The second kappa shape index (κ2) is 7.03. The highest BCUT2D eigenvalue weighted by molar-refractivity contribution is 7.88. The first-order chi connectivity index (χ1) is 9.21. The molecule has 1 heterocycles. The zero-order valence-corrected chi connectivity index (χ0v) is 12.6. The molecule has 0 aliphatic carbocycles. The number of carbonyl (C=O) groups is 2. The lowest BCUT2D eigenvalue weighted by atomic mass is 10.1. The number of nitrogens with one attached hydrogen (secondary N) is 1. The Morgan fingerprint density at radius 1 is 1.45 bits per heavy atom. The molecule has 0 spiro atoms. The first-order valence-electron chi connectivity index (χ1n) is 6.68. The van der Waals surface area contributed by atoms with Crippen LogP contribution in [-0.2, 0) is 19.6 Å². The number of hydrogen-bond acceptors (Lipinski definition) is 4. The summed E-state index contributed by atoms with van der Waals surface area (Å²) in [5.74, 6) is -1.11. The molecule has 1 aliphatic heterocycles. The molecule has 0 saturated carbocycles. The number of aliphatic carboxylic acids is 1. The Hall–Kier alpha value is -1.15. The van der Waals surface area contributed by atoms with Gasteiger partial charge in [0.25, 0.3) is 0 Å². The van der Waals surface area contributed by atoms with Crippen molar-refractivity contribution in [3.05, 3.63) is 0 Å². The quantitative estimate of drug-likeness (QED) is 0.690.